The number of rotatable bonds is 3. The van der Waals surface area contributed by atoms with Crippen molar-refractivity contribution in [3.8, 4) is 0 Å². The lowest BCUT2D eigenvalue weighted by Crippen LogP contribution is -2.23. The topological polar surface area (TPSA) is 55.1 Å². The first kappa shape index (κ1) is 15.9. The summed E-state index contributed by atoms with van der Waals surface area (Å²) in [6.07, 6.45) is 0. The monoisotopic (exact) mass is 346 g/mol. The minimum Gasteiger partial charge on any atom is -0.399 e. The lowest BCUT2D eigenvalue weighted by Gasteiger charge is -2.09. The zero-order valence-electron chi connectivity index (χ0n) is 10.6. The Bertz CT molecular complexity index is 707. The van der Waals surface area contributed by atoms with Gasteiger partial charge in [0.1, 0.15) is 5.82 Å². The van der Waals surface area contributed by atoms with Gasteiger partial charge in [-0.15, -0.1) is 0 Å². The number of benzene rings is 2. The number of nitrogen functional groups attached to an aromatic ring is 1. The van der Waals surface area contributed by atoms with Crippen molar-refractivity contribution in [2.24, 2.45) is 0 Å². The van der Waals surface area contributed by atoms with Crippen molar-refractivity contribution < 1.29 is 9.18 Å². The van der Waals surface area contributed by atoms with E-state index in [1.807, 2.05) is 0 Å². The predicted molar refractivity (Wildman–Crippen MR) is 83.5 cm³/mol. The number of nitrogens with one attached hydrogen (secondary N) is 1. The third-order valence-electron chi connectivity index (χ3n) is 2.73. The van der Waals surface area contributed by atoms with Crippen LogP contribution in [0.4, 0.5) is 10.1 Å². The molecule has 21 heavy (non-hydrogen) atoms. The number of hydrogen-bond donors (Lipinski definition) is 2. The Morgan fingerprint density at radius 2 is 1.86 bits per heavy atom. The predicted octanol–water partition coefficient (Wildman–Crippen LogP) is 4.30. The number of anilines is 1. The van der Waals surface area contributed by atoms with E-state index in [-0.39, 0.29) is 27.2 Å². The van der Waals surface area contributed by atoms with Gasteiger partial charge in [-0.25, -0.2) is 4.39 Å². The summed E-state index contributed by atoms with van der Waals surface area (Å²) in [5, 5.41) is 2.96. The second kappa shape index (κ2) is 6.52. The number of nitrogens with two attached hydrogens (primary N) is 1. The lowest BCUT2D eigenvalue weighted by molar-refractivity contribution is 0.0951. The van der Waals surface area contributed by atoms with Gasteiger partial charge in [0.25, 0.3) is 5.91 Å². The quantitative estimate of drug-likeness (QED) is 0.813. The minimum absolute atomic E-state index is 0.00761. The Morgan fingerprint density at radius 3 is 2.52 bits per heavy atom. The molecule has 0 spiro atoms. The third-order valence-corrected chi connectivity index (χ3v) is 3.82. The maximum absolute atomic E-state index is 13.0. The highest BCUT2D eigenvalue weighted by Gasteiger charge is 2.14. The van der Waals surface area contributed by atoms with Crippen LogP contribution in [0.3, 0.4) is 0 Å². The van der Waals surface area contributed by atoms with Gasteiger partial charge in [-0.1, -0.05) is 40.9 Å². The first-order chi connectivity index (χ1) is 9.88. The molecule has 2 aromatic rings. The Labute approximate surface area is 135 Å². The van der Waals surface area contributed by atoms with Crippen LogP contribution in [0.25, 0.3) is 0 Å². The molecule has 0 fully saturated rings. The van der Waals surface area contributed by atoms with Crippen molar-refractivity contribution in [3.63, 3.8) is 0 Å². The van der Waals surface area contributed by atoms with Crippen molar-refractivity contribution >= 4 is 46.4 Å². The van der Waals surface area contributed by atoms with E-state index in [4.69, 9.17) is 40.5 Å². The standard InChI is InChI=1S/C14H10Cl3FN2O/c15-10-3-7(1-2-12(10)18)6-20-14(21)9-4-8(19)5-11(16)13(9)17/h1-5H,6,19H2,(H,20,21). The van der Waals surface area contributed by atoms with E-state index in [0.29, 0.717) is 11.3 Å². The fourth-order valence-corrected chi connectivity index (χ4v) is 2.33. The Balaban J connectivity index is 2.13. The average Bonchev–Trinajstić information content (AvgIpc) is 2.43. The number of carbonyl (C=O) groups is 1. The first-order valence-electron chi connectivity index (χ1n) is 5.85. The van der Waals surface area contributed by atoms with Crippen LogP contribution in [0.2, 0.25) is 15.1 Å². The fraction of sp³-hybridized carbons (Fsp3) is 0.0714. The molecule has 110 valence electrons. The number of halogens is 4. The van der Waals surface area contributed by atoms with Crippen LogP contribution >= 0.6 is 34.8 Å². The van der Waals surface area contributed by atoms with Gasteiger partial charge in [-0.2, -0.15) is 0 Å². The van der Waals surface area contributed by atoms with Crippen LogP contribution in [0.15, 0.2) is 30.3 Å². The number of amides is 1. The molecule has 7 heteroatoms. The fourth-order valence-electron chi connectivity index (χ4n) is 1.70. The molecule has 0 aliphatic heterocycles. The highest BCUT2D eigenvalue weighted by Crippen LogP contribution is 2.28. The zero-order valence-corrected chi connectivity index (χ0v) is 12.9. The molecule has 0 unspecified atom stereocenters. The van der Waals surface area contributed by atoms with Gasteiger partial charge in [-0.3, -0.25) is 4.79 Å². The Morgan fingerprint density at radius 1 is 1.14 bits per heavy atom. The molecule has 0 aromatic heterocycles. The smallest absolute Gasteiger partial charge is 0.253 e. The summed E-state index contributed by atoms with van der Waals surface area (Å²) < 4.78 is 13.0. The van der Waals surface area contributed by atoms with Crippen molar-refractivity contribution in [1.82, 2.24) is 5.32 Å². The lowest BCUT2D eigenvalue weighted by atomic mass is 10.1. The molecule has 3 nitrogen and oxygen atoms in total. The normalized spacial score (nSPS) is 10.5. The van der Waals surface area contributed by atoms with E-state index in [1.165, 1.54) is 30.3 Å². The number of hydrogen-bond acceptors (Lipinski definition) is 2. The van der Waals surface area contributed by atoms with E-state index >= 15 is 0 Å². The largest absolute Gasteiger partial charge is 0.399 e. The second-order valence-electron chi connectivity index (χ2n) is 4.30. The molecule has 0 aliphatic carbocycles. The van der Waals surface area contributed by atoms with Crippen LogP contribution in [0, 0.1) is 5.82 Å². The van der Waals surface area contributed by atoms with Gasteiger partial charge in [0, 0.05) is 12.2 Å². The highest BCUT2D eigenvalue weighted by molar-refractivity contribution is 6.44. The number of carbonyl (C=O) groups excluding carboxylic acids is 1. The van der Waals surface area contributed by atoms with Gasteiger partial charge in [0.05, 0.1) is 20.6 Å². The molecule has 0 heterocycles. The van der Waals surface area contributed by atoms with E-state index in [2.05, 4.69) is 5.32 Å². The molecular formula is C14H10Cl3FN2O. The van der Waals surface area contributed by atoms with Crippen LogP contribution in [0.5, 0.6) is 0 Å². The molecule has 2 rings (SSSR count). The SMILES string of the molecule is Nc1cc(Cl)c(Cl)c(C(=O)NCc2ccc(F)c(Cl)c2)c1. The summed E-state index contributed by atoms with van der Waals surface area (Å²) >= 11 is 17.5. The summed E-state index contributed by atoms with van der Waals surface area (Å²) in [4.78, 5) is 12.1. The van der Waals surface area contributed by atoms with Crippen molar-refractivity contribution in [3.05, 3.63) is 62.3 Å². The molecule has 3 N–H and O–H groups in total. The van der Waals surface area contributed by atoms with Crippen LogP contribution < -0.4 is 11.1 Å². The molecule has 1 amide bonds. The van der Waals surface area contributed by atoms with Gasteiger partial charge in [0.15, 0.2) is 0 Å². The third kappa shape index (κ3) is 3.79. The summed E-state index contributed by atoms with van der Waals surface area (Å²) in [5.41, 5.74) is 6.79. The van der Waals surface area contributed by atoms with Gasteiger partial charge >= 0.3 is 0 Å². The molecule has 0 atom stereocenters. The second-order valence-corrected chi connectivity index (χ2v) is 5.49. The van der Waals surface area contributed by atoms with Crippen LogP contribution in [-0.2, 0) is 6.54 Å². The van der Waals surface area contributed by atoms with Crippen molar-refractivity contribution in [1.29, 1.82) is 0 Å². The molecule has 0 radical (unpaired) electrons. The highest BCUT2D eigenvalue weighted by atomic mass is 35.5. The molecule has 0 saturated carbocycles. The molecular weight excluding hydrogens is 338 g/mol. The zero-order chi connectivity index (χ0) is 15.6. The Kier molecular flexibility index (Phi) is 4.93. The molecule has 2 aromatic carbocycles. The van der Waals surface area contributed by atoms with Crippen LogP contribution in [0.1, 0.15) is 15.9 Å². The summed E-state index contributed by atoms with van der Waals surface area (Å²) in [6, 6.07) is 7.08. The summed E-state index contributed by atoms with van der Waals surface area (Å²) in [7, 11) is 0. The van der Waals surface area contributed by atoms with Gasteiger partial charge in [0.2, 0.25) is 0 Å². The summed E-state index contributed by atoms with van der Waals surface area (Å²) in [6.45, 7) is 0.168. The van der Waals surface area contributed by atoms with Gasteiger partial charge in [-0.05, 0) is 29.8 Å². The summed E-state index contributed by atoms with van der Waals surface area (Å²) in [5.74, 6) is -0.952. The first-order valence-corrected chi connectivity index (χ1v) is 6.98. The Hall–Kier alpha value is -1.49. The molecule has 0 aliphatic rings. The van der Waals surface area contributed by atoms with Gasteiger partial charge < -0.3 is 11.1 Å². The maximum Gasteiger partial charge on any atom is 0.253 e. The van der Waals surface area contributed by atoms with Crippen LogP contribution in [-0.4, -0.2) is 5.91 Å². The van der Waals surface area contributed by atoms with Crippen molar-refractivity contribution in [2.45, 2.75) is 6.54 Å². The van der Waals surface area contributed by atoms with E-state index in [1.54, 1.807) is 0 Å². The average molecular weight is 348 g/mol. The maximum atomic E-state index is 13.0. The molecule has 0 bridgehead atoms. The van der Waals surface area contributed by atoms with Crippen molar-refractivity contribution in [2.75, 3.05) is 5.73 Å². The van der Waals surface area contributed by atoms with E-state index in [0.717, 1.165) is 0 Å². The van der Waals surface area contributed by atoms with E-state index in [9.17, 15) is 9.18 Å². The van der Waals surface area contributed by atoms with E-state index < -0.39 is 11.7 Å². The molecule has 0 saturated heterocycles. The minimum atomic E-state index is -0.516.